The number of benzene rings is 1. The molecule has 1 aromatic carbocycles. The van der Waals surface area contributed by atoms with Crippen LogP contribution in [0.15, 0.2) is 17.0 Å². The van der Waals surface area contributed by atoms with Crippen LogP contribution in [0, 0.1) is 6.92 Å². The number of halogens is 1. The molecule has 0 aromatic heterocycles. The van der Waals surface area contributed by atoms with Crippen LogP contribution in [0.4, 0.5) is 5.69 Å². The molecule has 0 aliphatic rings. The molecule has 2 N–H and O–H groups in total. The molecule has 7 heteroatoms. The maximum Gasteiger partial charge on any atom is 1.00 e. The summed E-state index contributed by atoms with van der Waals surface area (Å²) in [5, 5.41) is -0.199. The first-order valence-electron chi connectivity index (χ1n) is 3.34. The third kappa shape index (κ3) is 2.85. The van der Waals surface area contributed by atoms with Crippen molar-refractivity contribution in [2.24, 2.45) is 0 Å². The van der Waals surface area contributed by atoms with E-state index in [1.807, 2.05) is 0 Å². The first-order valence-corrected chi connectivity index (χ1v) is 5.13. The number of anilines is 1. The van der Waals surface area contributed by atoms with E-state index < -0.39 is 15.0 Å². The fourth-order valence-electron chi connectivity index (χ4n) is 0.975. The predicted molar refractivity (Wildman–Crippen MR) is 48.6 cm³/mol. The van der Waals surface area contributed by atoms with Crippen molar-refractivity contribution < 1.29 is 42.5 Å². The Balaban J connectivity index is 0.00000169. The summed E-state index contributed by atoms with van der Waals surface area (Å²) in [7, 11) is -4.55. The second-order valence-corrected chi connectivity index (χ2v) is 4.26. The zero-order chi connectivity index (χ0) is 10.2. The van der Waals surface area contributed by atoms with E-state index in [0.29, 0.717) is 5.56 Å². The third-order valence-corrected chi connectivity index (χ3v) is 3.12. The fraction of sp³-hybridized carbons (Fsp3) is 0.143. The molecule has 4 nitrogen and oxygen atoms in total. The quantitative estimate of drug-likeness (QED) is 0.356. The number of nitrogen functional groups attached to an aromatic ring is 1. The van der Waals surface area contributed by atoms with Gasteiger partial charge in [0.1, 0.15) is 10.1 Å². The van der Waals surface area contributed by atoms with Gasteiger partial charge in [0.05, 0.1) is 15.6 Å². The van der Waals surface area contributed by atoms with Crippen LogP contribution in [-0.2, 0) is 10.1 Å². The molecule has 72 valence electrons. The Morgan fingerprint density at radius 1 is 1.43 bits per heavy atom. The van der Waals surface area contributed by atoms with Crippen LogP contribution in [0.25, 0.3) is 0 Å². The van der Waals surface area contributed by atoms with E-state index in [9.17, 15) is 13.0 Å². The Morgan fingerprint density at radius 2 is 1.93 bits per heavy atom. The number of rotatable bonds is 1. The van der Waals surface area contributed by atoms with Crippen LogP contribution in [0.5, 0.6) is 0 Å². The van der Waals surface area contributed by atoms with Crippen LogP contribution in [-0.4, -0.2) is 13.0 Å². The molecule has 0 unspecified atom stereocenters. The van der Waals surface area contributed by atoms with Gasteiger partial charge in [0, 0.05) is 0 Å². The Bertz CT molecular complexity index is 446. The fourth-order valence-corrected chi connectivity index (χ4v) is 2.27. The van der Waals surface area contributed by atoms with Crippen LogP contribution < -0.4 is 35.3 Å². The Hall–Kier alpha value is 0.220. The van der Waals surface area contributed by atoms with Crippen LogP contribution in [0.3, 0.4) is 0 Å². The van der Waals surface area contributed by atoms with E-state index in [2.05, 4.69) is 0 Å². The van der Waals surface area contributed by atoms with Gasteiger partial charge in [-0.05, 0) is 18.6 Å². The van der Waals surface area contributed by atoms with Gasteiger partial charge < -0.3 is 10.3 Å². The van der Waals surface area contributed by atoms with Crippen LogP contribution in [0.2, 0.25) is 5.02 Å². The molecule has 0 aliphatic heterocycles. The summed E-state index contributed by atoms with van der Waals surface area (Å²) in [6.07, 6.45) is 0. The molecule has 14 heavy (non-hydrogen) atoms. The second kappa shape index (κ2) is 4.83. The summed E-state index contributed by atoms with van der Waals surface area (Å²) >= 11 is 5.58. The molecule has 0 radical (unpaired) electrons. The molecule has 0 fully saturated rings. The first kappa shape index (κ1) is 14.2. The number of aryl methyl sites for hydroxylation is 1. The minimum atomic E-state index is -4.55. The Morgan fingerprint density at radius 3 is 2.29 bits per heavy atom. The largest absolute Gasteiger partial charge is 1.00 e. The van der Waals surface area contributed by atoms with Gasteiger partial charge in [-0.15, -0.1) is 0 Å². The van der Waals surface area contributed by atoms with Gasteiger partial charge in [0.15, 0.2) is 0 Å². The molecule has 0 spiro atoms. The molecule has 0 heterocycles. The molecule has 0 atom stereocenters. The summed E-state index contributed by atoms with van der Waals surface area (Å²) in [5.74, 6) is 0. The van der Waals surface area contributed by atoms with Gasteiger partial charge in [-0.2, -0.15) is 0 Å². The summed E-state index contributed by atoms with van der Waals surface area (Å²) in [6.45, 7) is 1.48. The topological polar surface area (TPSA) is 83.2 Å². The predicted octanol–water partition coefficient (Wildman–Crippen LogP) is -1.86. The summed E-state index contributed by atoms with van der Waals surface area (Å²) < 4.78 is 32.2. The maximum absolute atomic E-state index is 10.7. The van der Waals surface area contributed by atoms with Crippen molar-refractivity contribution in [1.29, 1.82) is 0 Å². The van der Waals surface area contributed by atoms with Crippen molar-refractivity contribution in [1.82, 2.24) is 0 Å². The van der Waals surface area contributed by atoms with Gasteiger partial charge in [-0.3, -0.25) is 0 Å². The zero-order valence-electron chi connectivity index (χ0n) is 7.74. The Kier molecular flexibility index (Phi) is 4.90. The second-order valence-electron chi connectivity index (χ2n) is 2.57. The maximum atomic E-state index is 10.7. The van der Waals surface area contributed by atoms with Crippen LogP contribution in [0.1, 0.15) is 5.56 Å². The standard InChI is InChI=1S/C7H8ClNO3S.Na/c1-4-2-3-5(9)6(8)7(4)13(10,11)12;/h2-3H,9H2,1H3,(H,10,11,12);/q;+1/p-1. The molecule has 0 saturated heterocycles. The smallest absolute Gasteiger partial charge is 0.744 e. The SMILES string of the molecule is Cc1ccc(N)c(Cl)c1S(=O)(=O)[O-].[Na+]. The van der Waals surface area contributed by atoms with Gasteiger partial charge >= 0.3 is 29.6 Å². The summed E-state index contributed by atoms with van der Waals surface area (Å²) in [5.41, 5.74) is 5.74. The first-order chi connectivity index (χ1) is 5.84. The van der Waals surface area contributed by atoms with Crippen LogP contribution >= 0.6 is 11.6 Å². The molecule has 0 aliphatic carbocycles. The zero-order valence-corrected chi connectivity index (χ0v) is 11.3. The average Bonchev–Trinajstić information content (AvgIpc) is 1.95. The normalized spacial score (nSPS) is 10.8. The van der Waals surface area contributed by atoms with E-state index in [-0.39, 0.29) is 40.3 Å². The summed E-state index contributed by atoms with van der Waals surface area (Å²) in [6, 6.07) is 2.89. The van der Waals surface area contributed by atoms with E-state index in [1.54, 1.807) is 0 Å². The van der Waals surface area contributed by atoms with Crippen molar-refractivity contribution in [2.45, 2.75) is 11.8 Å². The molecular formula is C7H7ClNNaO3S. The third-order valence-electron chi connectivity index (χ3n) is 1.57. The van der Waals surface area contributed by atoms with Gasteiger partial charge in [-0.25, -0.2) is 8.42 Å². The average molecular weight is 244 g/mol. The van der Waals surface area contributed by atoms with Gasteiger partial charge in [-0.1, -0.05) is 17.7 Å². The molecule has 0 bridgehead atoms. The van der Waals surface area contributed by atoms with E-state index >= 15 is 0 Å². The molecule has 1 rings (SSSR count). The number of hydrogen-bond acceptors (Lipinski definition) is 4. The molecule has 0 saturated carbocycles. The monoisotopic (exact) mass is 243 g/mol. The number of hydrogen-bond donors (Lipinski definition) is 1. The minimum Gasteiger partial charge on any atom is -0.744 e. The van der Waals surface area contributed by atoms with Crippen molar-refractivity contribution in [3.8, 4) is 0 Å². The number of nitrogens with two attached hydrogens (primary N) is 1. The van der Waals surface area contributed by atoms with E-state index in [4.69, 9.17) is 17.3 Å². The van der Waals surface area contributed by atoms with E-state index in [1.165, 1.54) is 19.1 Å². The van der Waals surface area contributed by atoms with Gasteiger partial charge in [0.2, 0.25) is 0 Å². The van der Waals surface area contributed by atoms with Gasteiger partial charge in [0.25, 0.3) is 0 Å². The van der Waals surface area contributed by atoms with E-state index in [0.717, 1.165) is 0 Å². The molecule has 1 aromatic rings. The summed E-state index contributed by atoms with van der Waals surface area (Å²) in [4.78, 5) is -0.436. The Labute approximate surface area is 109 Å². The molecule has 0 amide bonds. The minimum absolute atomic E-state index is 0. The van der Waals surface area contributed by atoms with Crippen molar-refractivity contribution in [2.75, 3.05) is 5.73 Å². The van der Waals surface area contributed by atoms with Crippen molar-refractivity contribution in [3.63, 3.8) is 0 Å². The van der Waals surface area contributed by atoms with Crippen molar-refractivity contribution >= 4 is 27.4 Å². The van der Waals surface area contributed by atoms with Crippen molar-refractivity contribution in [3.05, 3.63) is 22.7 Å². The molecular weight excluding hydrogens is 237 g/mol.